The highest BCUT2D eigenvalue weighted by atomic mass is 16.3. The minimum absolute atomic E-state index is 0.0323. The van der Waals surface area contributed by atoms with E-state index < -0.39 is 0 Å². The Hall–Kier alpha value is -2.10. The van der Waals surface area contributed by atoms with Crippen LogP contribution in [0.3, 0.4) is 0 Å². The molecule has 0 radical (unpaired) electrons. The Kier molecular flexibility index (Phi) is 2.02. The molecule has 0 saturated heterocycles. The molecule has 2 heterocycles. The molecule has 0 atom stereocenters. The van der Waals surface area contributed by atoms with Crippen molar-refractivity contribution in [1.29, 1.82) is 0 Å². The average Bonchev–Trinajstić information content (AvgIpc) is 2.19. The second-order valence-corrected chi connectivity index (χ2v) is 2.80. The van der Waals surface area contributed by atoms with E-state index in [0.717, 1.165) is 6.07 Å². The highest BCUT2D eigenvalue weighted by molar-refractivity contribution is 5.30. The smallest absolute Gasteiger partial charge is 0.258 e. The van der Waals surface area contributed by atoms with Crippen molar-refractivity contribution in [2.75, 3.05) is 0 Å². The fourth-order valence-corrected chi connectivity index (χ4v) is 1.18. The quantitative estimate of drug-likeness (QED) is 0.724. The molecule has 0 aliphatic rings. The van der Waals surface area contributed by atoms with E-state index in [1.807, 2.05) is 0 Å². The number of hydrogen-bond donors (Lipinski definition) is 1. The SMILES string of the molecule is O=c1cc(O)ccn1-c1cccnc1. The second kappa shape index (κ2) is 3.33. The molecule has 2 aromatic heterocycles. The summed E-state index contributed by atoms with van der Waals surface area (Å²) in [6, 6.07) is 6.13. The molecule has 2 rings (SSSR count). The maximum absolute atomic E-state index is 11.4. The highest BCUT2D eigenvalue weighted by Gasteiger charge is 1.98. The molecule has 4 nitrogen and oxygen atoms in total. The van der Waals surface area contributed by atoms with Crippen LogP contribution < -0.4 is 5.56 Å². The lowest BCUT2D eigenvalue weighted by Gasteiger charge is -2.03. The Bertz CT molecular complexity index is 491. The summed E-state index contributed by atoms with van der Waals surface area (Å²) in [7, 11) is 0. The summed E-state index contributed by atoms with van der Waals surface area (Å²) in [5.74, 6) is -0.0323. The minimum atomic E-state index is -0.280. The summed E-state index contributed by atoms with van der Waals surface area (Å²) in [6.45, 7) is 0. The van der Waals surface area contributed by atoms with Gasteiger partial charge in [0.1, 0.15) is 5.75 Å². The van der Waals surface area contributed by atoms with Crippen LogP contribution in [0.25, 0.3) is 5.69 Å². The Morgan fingerprint density at radius 1 is 1.36 bits per heavy atom. The molecule has 0 aliphatic carbocycles. The average molecular weight is 188 g/mol. The topological polar surface area (TPSA) is 55.1 Å². The van der Waals surface area contributed by atoms with Crippen LogP contribution in [0.15, 0.2) is 47.7 Å². The predicted octanol–water partition coefficient (Wildman–Crippen LogP) is 0.938. The molecule has 2 aromatic rings. The first-order valence-electron chi connectivity index (χ1n) is 4.09. The molecule has 0 amide bonds. The van der Waals surface area contributed by atoms with Crippen molar-refractivity contribution in [3.05, 3.63) is 53.2 Å². The van der Waals surface area contributed by atoms with Crippen LogP contribution in [-0.2, 0) is 0 Å². The van der Waals surface area contributed by atoms with E-state index in [-0.39, 0.29) is 11.3 Å². The number of pyridine rings is 2. The fraction of sp³-hybridized carbons (Fsp3) is 0. The van der Waals surface area contributed by atoms with Crippen LogP contribution in [0.2, 0.25) is 0 Å². The van der Waals surface area contributed by atoms with E-state index >= 15 is 0 Å². The minimum Gasteiger partial charge on any atom is -0.508 e. The summed E-state index contributed by atoms with van der Waals surface area (Å²) in [6.07, 6.45) is 4.72. The van der Waals surface area contributed by atoms with Gasteiger partial charge in [-0.3, -0.25) is 14.3 Å². The second-order valence-electron chi connectivity index (χ2n) is 2.80. The van der Waals surface area contributed by atoms with Gasteiger partial charge in [-0.15, -0.1) is 0 Å². The van der Waals surface area contributed by atoms with E-state index in [1.54, 1.807) is 24.5 Å². The van der Waals surface area contributed by atoms with Gasteiger partial charge < -0.3 is 5.11 Å². The monoisotopic (exact) mass is 188 g/mol. The molecule has 0 aromatic carbocycles. The Labute approximate surface area is 80.1 Å². The van der Waals surface area contributed by atoms with Gasteiger partial charge in [-0.1, -0.05) is 0 Å². The first-order chi connectivity index (χ1) is 6.77. The van der Waals surface area contributed by atoms with Crippen molar-refractivity contribution in [3.8, 4) is 11.4 Å². The molecular weight excluding hydrogens is 180 g/mol. The van der Waals surface area contributed by atoms with Crippen LogP contribution in [0, 0.1) is 0 Å². The third-order valence-corrected chi connectivity index (χ3v) is 1.83. The maximum atomic E-state index is 11.4. The molecule has 0 bridgehead atoms. The molecule has 70 valence electrons. The first kappa shape index (κ1) is 8.50. The lowest BCUT2D eigenvalue weighted by atomic mass is 10.4. The van der Waals surface area contributed by atoms with E-state index in [2.05, 4.69) is 4.98 Å². The standard InChI is InChI=1S/C10H8N2O2/c13-9-3-5-12(10(14)6-9)8-2-1-4-11-7-8/h1-7,13H. The van der Waals surface area contributed by atoms with Crippen molar-refractivity contribution in [3.63, 3.8) is 0 Å². The lowest BCUT2D eigenvalue weighted by Crippen LogP contribution is -2.15. The third-order valence-electron chi connectivity index (χ3n) is 1.83. The molecule has 0 unspecified atom stereocenters. The Balaban J connectivity index is 2.59. The molecular formula is C10H8N2O2. The van der Waals surface area contributed by atoms with E-state index in [9.17, 15) is 4.79 Å². The van der Waals surface area contributed by atoms with Gasteiger partial charge in [0.25, 0.3) is 5.56 Å². The van der Waals surface area contributed by atoms with Gasteiger partial charge in [0.05, 0.1) is 11.9 Å². The number of nitrogens with zero attached hydrogens (tertiary/aromatic N) is 2. The number of aromatic hydroxyl groups is 1. The molecule has 0 aliphatic heterocycles. The lowest BCUT2D eigenvalue weighted by molar-refractivity contribution is 0.473. The summed E-state index contributed by atoms with van der Waals surface area (Å²) < 4.78 is 1.41. The van der Waals surface area contributed by atoms with Gasteiger partial charge >= 0.3 is 0 Å². The summed E-state index contributed by atoms with van der Waals surface area (Å²) in [5, 5.41) is 9.06. The van der Waals surface area contributed by atoms with Gasteiger partial charge in [0.2, 0.25) is 0 Å². The van der Waals surface area contributed by atoms with Crippen molar-refractivity contribution < 1.29 is 5.11 Å². The van der Waals surface area contributed by atoms with Crippen molar-refractivity contribution in [2.24, 2.45) is 0 Å². The predicted molar refractivity (Wildman–Crippen MR) is 51.5 cm³/mol. The maximum Gasteiger partial charge on any atom is 0.258 e. The van der Waals surface area contributed by atoms with Gasteiger partial charge in [-0.2, -0.15) is 0 Å². The van der Waals surface area contributed by atoms with Crippen LogP contribution >= 0.6 is 0 Å². The van der Waals surface area contributed by atoms with Crippen molar-refractivity contribution >= 4 is 0 Å². The largest absolute Gasteiger partial charge is 0.508 e. The van der Waals surface area contributed by atoms with Gasteiger partial charge in [0, 0.05) is 18.5 Å². The number of rotatable bonds is 1. The van der Waals surface area contributed by atoms with E-state index in [0.29, 0.717) is 5.69 Å². The van der Waals surface area contributed by atoms with Gasteiger partial charge in [-0.25, -0.2) is 0 Å². The Morgan fingerprint density at radius 3 is 2.86 bits per heavy atom. The van der Waals surface area contributed by atoms with Crippen LogP contribution in [0.5, 0.6) is 5.75 Å². The Morgan fingerprint density at radius 2 is 2.21 bits per heavy atom. The summed E-state index contributed by atoms with van der Waals surface area (Å²) in [5.41, 5.74) is 0.399. The van der Waals surface area contributed by atoms with Crippen LogP contribution in [-0.4, -0.2) is 14.7 Å². The molecule has 1 N–H and O–H groups in total. The van der Waals surface area contributed by atoms with Crippen LogP contribution in [0.1, 0.15) is 0 Å². The zero-order chi connectivity index (χ0) is 9.97. The van der Waals surface area contributed by atoms with Gasteiger partial charge in [-0.05, 0) is 18.2 Å². The van der Waals surface area contributed by atoms with E-state index in [4.69, 9.17) is 5.11 Å². The molecule has 0 fully saturated rings. The number of hydrogen-bond acceptors (Lipinski definition) is 3. The van der Waals surface area contributed by atoms with Crippen molar-refractivity contribution in [1.82, 2.24) is 9.55 Å². The molecule has 0 spiro atoms. The molecule has 4 heteroatoms. The summed E-state index contributed by atoms with van der Waals surface area (Å²) in [4.78, 5) is 15.3. The molecule has 14 heavy (non-hydrogen) atoms. The van der Waals surface area contributed by atoms with Gasteiger partial charge in [0.15, 0.2) is 0 Å². The normalized spacial score (nSPS) is 10.0. The zero-order valence-electron chi connectivity index (χ0n) is 7.29. The van der Waals surface area contributed by atoms with Crippen LogP contribution in [0.4, 0.5) is 0 Å². The fourth-order valence-electron chi connectivity index (χ4n) is 1.18. The molecule has 0 saturated carbocycles. The first-order valence-corrected chi connectivity index (χ1v) is 4.09. The number of aromatic nitrogens is 2. The highest BCUT2D eigenvalue weighted by Crippen LogP contribution is 2.05. The third kappa shape index (κ3) is 1.50. The zero-order valence-corrected chi connectivity index (χ0v) is 7.29. The van der Waals surface area contributed by atoms with E-state index in [1.165, 1.54) is 16.8 Å². The summed E-state index contributed by atoms with van der Waals surface area (Å²) >= 11 is 0. The van der Waals surface area contributed by atoms with Crippen molar-refractivity contribution in [2.45, 2.75) is 0 Å².